The Hall–Kier alpha value is -3.29. The van der Waals surface area contributed by atoms with E-state index in [1.807, 2.05) is 19.1 Å². The number of alkyl halides is 2. The van der Waals surface area contributed by atoms with Gasteiger partial charge in [0.25, 0.3) is 0 Å². The molecule has 2 N–H and O–H groups in total. The summed E-state index contributed by atoms with van der Waals surface area (Å²) in [5.41, 5.74) is -0.0306. The first-order chi connectivity index (χ1) is 14.4. The number of aryl methyl sites for hydroxylation is 1. The fourth-order valence-electron chi connectivity index (χ4n) is 3.67. The van der Waals surface area contributed by atoms with Crippen molar-refractivity contribution < 1.29 is 22.7 Å². The monoisotopic (exact) mass is 415 g/mol. The number of fused-ring (bicyclic) bond motifs is 2. The van der Waals surface area contributed by atoms with Crippen LogP contribution in [-0.4, -0.2) is 30.0 Å². The molecule has 1 unspecified atom stereocenters. The van der Waals surface area contributed by atoms with Crippen molar-refractivity contribution >= 4 is 22.5 Å². The van der Waals surface area contributed by atoms with Crippen molar-refractivity contribution in [1.29, 1.82) is 0 Å². The predicted molar refractivity (Wildman–Crippen MR) is 108 cm³/mol. The fourth-order valence-corrected chi connectivity index (χ4v) is 3.67. The Morgan fingerprint density at radius 2 is 2.03 bits per heavy atom. The first-order valence-electron chi connectivity index (χ1n) is 9.46. The van der Waals surface area contributed by atoms with E-state index in [2.05, 4.69) is 15.6 Å². The summed E-state index contributed by atoms with van der Waals surface area (Å²) in [6.07, 6.45) is 1.55. The van der Waals surface area contributed by atoms with E-state index in [1.54, 1.807) is 18.3 Å². The van der Waals surface area contributed by atoms with Gasteiger partial charge >= 0.3 is 6.03 Å². The maximum atomic E-state index is 13.8. The van der Waals surface area contributed by atoms with Gasteiger partial charge in [-0.05, 0) is 37.3 Å². The molecule has 4 rings (SSSR count). The molecule has 2 amide bonds. The zero-order chi connectivity index (χ0) is 21.3. The number of pyridine rings is 1. The third kappa shape index (κ3) is 3.77. The highest BCUT2D eigenvalue weighted by molar-refractivity contribution is 6.01. The summed E-state index contributed by atoms with van der Waals surface area (Å²) in [5, 5.41) is 7.13. The SMILES string of the molecule is Cc1cc2c(NC(=O)NC3CC(CF)(CF)Oc4ccc(F)cc43)cccc2cn1. The van der Waals surface area contributed by atoms with Gasteiger partial charge in [0.15, 0.2) is 5.60 Å². The van der Waals surface area contributed by atoms with Crippen LogP contribution in [0.3, 0.4) is 0 Å². The van der Waals surface area contributed by atoms with E-state index in [0.717, 1.165) is 22.5 Å². The van der Waals surface area contributed by atoms with Crippen LogP contribution < -0.4 is 15.4 Å². The van der Waals surface area contributed by atoms with E-state index >= 15 is 0 Å². The molecule has 1 atom stereocenters. The molecule has 2 heterocycles. The number of halogens is 3. The number of amides is 2. The van der Waals surface area contributed by atoms with Crippen molar-refractivity contribution in [2.45, 2.75) is 25.0 Å². The molecule has 1 aromatic heterocycles. The molecule has 0 saturated carbocycles. The van der Waals surface area contributed by atoms with Crippen LogP contribution in [0.5, 0.6) is 5.75 Å². The van der Waals surface area contributed by atoms with Gasteiger partial charge < -0.3 is 15.4 Å². The lowest BCUT2D eigenvalue weighted by Crippen LogP contribution is -2.49. The standard InChI is InChI=1S/C22H20F3N3O2/c1-13-7-16-14(10-26-13)3-2-4-18(16)27-21(29)28-19-9-22(11-23,12-24)30-20-6-5-15(25)8-17(19)20/h2-8,10,19H,9,11-12H2,1H3,(H2,27,28,29). The number of urea groups is 1. The zero-order valence-electron chi connectivity index (χ0n) is 16.2. The van der Waals surface area contributed by atoms with Crippen molar-refractivity contribution in [3.8, 4) is 5.75 Å². The Bertz CT molecular complexity index is 1100. The molecule has 1 aliphatic heterocycles. The van der Waals surface area contributed by atoms with Crippen LogP contribution in [0.2, 0.25) is 0 Å². The highest BCUT2D eigenvalue weighted by Gasteiger charge is 2.42. The Balaban J connectivity index is 1.61. The number of rotatable bonds is 4. The van der Waals surface area contributed by atoms with Crippen molar-refractivity contribution in [2.75, 3.05) is 18.7 Å². The summed E-state index contributed by atoms with van der Waals surface area (Å²) < 4.78 is 46.5. The Labute approximate surface area is 171 Å². The van der Waals surface area contributed by atoms with E-state index in [0.29, 0.717) is 11.3 Å². The van der Waals surface area contributed by atoms with Gasteiger partial charge in [-0.3, -0.25) is 4.98 Å². The van der Waals surface area contributed by atoms with E-state index < -0.39 is 36.8 Å². The maximum absolute atomic E-state index is 13.8. The van der Waals surface area contributed by atoms with Crippen LogP contribution >= 0.6 is 0 Å². The number of benzene rings is 2. The summed E-state index contributed by atoms with van der Waals surface area (Å²) in [4.78, 5) is 17.0. The predicted octanol–water partition coefficient (Wildman–Crippen LogP) is 5.01. The molecule has 1 aliphatic rings. The van der Waals surface area contributed by atoms with Crippen molar-refractivity contribution in [3.63, 3.8) is 0 Å². The number of anilines is 1. The largest absolute Gasteiger partial charge is 0.481 e. The summed E-state index contributed by atoms with van der Waals surface area (Å²) in [6, 6.07) is 9.51. The molecule has 0 aliphatic carbocycles. The molecule has 0 radical (unpaired) electrons. The van der Waals surface area contributed by atoms with Gasteiger partial charge in [-0.2, -0.15) is 0 Å². The normalized spacial score (nSPS) is 17.1. The molecule has 0 saturated heterocycles. The maximum Gasteiger partial charge on any atom is 0.319 e. The van der Waals surface area contributed by atoms with Gasteiger partial charge in [0.05, 0.1) is 11.7 Å². The van der Waals surface area contributed by atoms with Crippen LogP contribution in [0.1, 0.15) is 23.7 Å². The second-order valence-corrected chi connectivity index (χ2v) is 7.44. The third-order valence-corrected chi connectivity index (χ3v) is 5.19. The number of hydrogen-bond acceptors (Lipinski definition) is 3. The minimum Gasteiger partial charge on any atom is -0.481 e. The molecule has 156 valence electrons. The van der Waals surface area contributed by atoms with Crippen molar-refractivity contribution in [1.82, 2.24) is 10.3 Å². The molecular formula is C22H20F3N3O2. The second kappa shape index (κ2) is 7.85. The lowest BCUT2D eigenvalue weighted by atomic mass is 9.88. The summed E-state index contributed by atoms with van der Waals surface area (Å²) >= 11 is 0. The van der Waals surface area contributed by atoms with Gasteiger partial charge in [0, 0.05) is 34.6 Å². The van der Waals surface area contributed by atoms with Gasteiger partial charge in [-0.15, -0.1) is 0 Å². The molecule has 5 nitrogen and oxygen atoms in total. The number of hydrogen-bond donors (Lipinski definition) is 2. The van der Waals surface area contributed by atoms with Crippen molar-refractivity contribution in [2.24, 2.45) is 0 Å². The first-order valence-corrected chi connectivity index (χ1v) is 9.46. The topological polar surface area (TPSA) is 63.2 Å². The Morgan fingerprint density at radius 3 is 2.80 bits per heavy atom. The number of nitrogens with zero attached hydrogens (tertiary/aromatic N) is 1. The quantitative estimate of drug-likeness (QED) is 0.630. The molecule has 0 spiro atoms. The van der Waals surface area contributed by atoms with Gasteiger partial charge in [-0.1, -0.05) is 12.1 Å². The van der Waals surface area contributed by atoms with Crippen LogP contribution in [0.25, 0.3) is 10.8 Å². The third-order valence-electron chi connectivity index (χ3n) is 5.19. The molecule has 2 aromatic carbocycles. The van der Waals surface area contributed by atoms with Crippen LogP contribution in [0.4, 0.5) is 23.7 Å². The number of carbonyl (C=O) groups excluding carboxylic acids is 1. The van der Waals surface area contributed by atoms with Crippen LogP contribution in [0, 0.1) is 12.7 Å². The van der Waals surface area contributed by atoms with Gasteiger partial charge in [-0.25, -0.2) is 18.0 Å². The van der Waals surface area contributed by atoms with Crippen LogP contribution in [0.15, 0.2) is 48.7 Å². The fraction of sp³-hybridized carbons (Fsp3) is 0.273. The average Bonchev–Trinajstić information content (AvgIpc) is 2.74. The second-order valence-electron chi connectivity index (χ2n) is 7.44. The summed E-state index contributed by atoms with van der Waals surface area (Å²) in [5.74, 6) is -0.385. The number of ether oxygens (including phenoxy) is 1. The van der Waals surface area contributed by atoms with Gasteiger partial charge in [0.2, 0.25) is 0 Å². The number of nitrogens with one attached hydrogen (secondary N) is 2. The average molecular weight is 415 g/mol. The highest BCUT2D eigenvalue weighted by Crippen LogP contribution is 2.40. The van der Waals surface area contributed by atoms with Crippen molar-refractivity contribution in [3.05, 3.63) is 65.7 Å². The molecule has 8 heteroatoms. The minimum atomic E-state index is -1.72. The van der Waals surface area contributed by atoms with E-state index in [4.69, 9.17) is 4.74 Å². The van der Waals surface area contributed by atoms with E-state index in [9.17, 15) is 18.0 Å². The minimum absolute atomic E-state index is 0.148. The van der Waals surface area contributed by atoms with Crippen LogP contribution in [-0.2, 0) is 0 Å². The first kappa shape index (κ1) is 20.0. The molecule has 3 aromatic rings. The zero-order valence-corrected chi connectivity index (χ0v) is 16.2. The molecule has 30 heavy (non-hydrogen) atoms. The number of aromatic nitrogens is 1. The van der Waals surface area contributed by atoms with E-state index in [-0.39, 0.29) is 12.2 Å². The Kier molecular flexibility index (Phi) is 5.24. The summed E-state index contributed by atoms with van der Waals surface area (Å²) in [7, 11) is 0. The lowest BCUT2D eigenvalue weighted by Gasteiger charge is -2.39. The summed E-state index contributed by atoms with van der Waals surface area (Å²) in [6.45, 7) is -0.303. The lowest BCUT2D eigenvalue weighted by molar-refractivity contribution is -0.0106. The smallest absolute Gasteiger partial charge is 0.319 e. The number of carbonyl (C=O) groups is 1. The Morgan fingerprint density at radius 1 is 1.23 bits per heavy atom. The van der Waals surface area contributed by atoms with E-state index in [1.165, 1.54) is 12.1 Å². The van der Waals surface area contributed by atoms with Gasteiger partial charge in [0.1, 0.15) is 24.9 Å². The molecular weight excluding hydrogens is 395 g/mol. The molecule has 0 bridgehead atoms. The molecule has 0 fully saturated rings. The highest BCUT2D eigenvalue weighted by atomic mass is 19.1.